The Morgan fingerprint density at radius 2 is 2.00 bits per heavy atom. The highest BCUT2D eigenvalue weighted by molar-refractivity contribution is 4.79. The van der Waals surface area contributed by atoms with E-state index in [0.29, 0.717) is 11.8 Å². The monoisotopic (exact) mass is 156 g/mol. The van der Waals surface area contributed by atoms with Gasteiger partial charge in [-0.25, -0.2) is 0 Å². The van der Waals surface area contributed by atoms with Crippen LogP contribution in [0.4, 0.5) is 0 Å². The van der Waals surface area contributed by atoms with Gasteiger partial charge in [0.15, 0.2) is 0 Å². The largest absolute Gasteiger partial charge is 0.393 e. The fourth-order valence-corrected chi connectivity index (χ4v) is 1.37. The smallest absolute Gasteiger partial charge is 0.0571 e. The van der Waals surface area contributed by atoms with Crippen LogP contribution in [0, 0.1) is 11.8 Å². The van der Waals surface area contributed by atoms with E-state index in [4.69, 9.17) is 0 Å². The van der Waals surface area contributed by atoms with Gasteiger partial charge in [0.1, 0.15) is 0 Å². The molecule has 0 saturated carbocycles. The summed E-state index contributed by atoms with van der Waals surface area (Å²) in [4.78, 5) is 0. The standard InChI is InChI=1S/C10H20O/c1-5-7-9(8(3)4)10(11)6-2/h5,8-11H,1,6-7H2,2-4H3/t9-,10+/m0/s1. The van der Waals surface area contributed by atoms with Crippen LogP contribution in [0.2, 0.25) is 0 Å². The van der Waals surface area contributed by atoms with Gasteiger partial charge in [-0.15, -0.1) is 6.58 Å². The Balaban J connectivity index is 3.96. The van der Waals surface area contributed by atoms with Crippen LogP contribution < -0.4 is 0 Å². The number of aliphatic hydroxyl groups excluding tert-OH is 1. The van der Waals surface area contributed by atoms with Crippen molar-refractivity contribution in [2.75, 3.05) is 0 Å². The molecule has 0 aliphatic rings. The van der Waals surface area contributed by atoms with Gasteiger partial charge in [0.2, 0.25) is 0 Å². The molecular formula is C10H20O. The van der Waals surface area contributed by atoms with Gasteiger partial charge in [-0.3, -0.25) is 0 Å². The molecule has 0 aliphatic heterocycles. The number of allylic oxidation sites excluding steroid dienone is 1. The minimum absolute atomic E-state index is 0.159. The molecule has 0 aromatic heterocycles. The molecule has 0 spiro atoms. The van der Waals surface area contributed by atoms with Gasteiger partial charge in [-0.2, -0.15) is 0 Å². The first kappa shape index (κ1) is 10.7. The Hall–Kier alpha value is -0.300. The Labute approximate surface area is 70.1 Å². The van der Waals surface area contributed by atoms with E-state index in [1.54, 1.807) is 0 Å². The Morgan fingerprint density at radius 1 is 1.45 bits per heavy atom. The van der Waals surface area contributed by atoms with Gasteiger partial charge in [0, 0.05) is 0 Å². The summed E-state index contributed by atoms with van der Waals surface area (Å²) in [6, 6.07) is 0. The lowest BCUT2D eigenvalue weighted by Gasteiger charge is -2.24. The molecule has 1 N–H and O–H groups in total. The summed E-state index contributed by atoms with van der Waals surface area (Å²) >= 11 is 0. The topological polar surface area (TPSA) is 20.2 Å². The average molecular weight is 156 g/mol. The average Bonchev–Trinajstić information content (AvgIpc) is 1.98. The number of aliphatic hydroxyl groups is 1. The zero-order valence-corrected chi connectivity index (χ0v) is 7.88. The van der Waals surface area contributed by atoms with Crippen LogP contribution in [-0.2, 0) is 0 Å². The SMILES string of the molecule is C=CC[C@@H](C(C)C)[C@H](O)CC. The van der Waals surface area contributed by atoms with Gasteiger partial charge in [-0.05, 0) is 24.7 Å². The second-order valence-electron chi connectivity index (χ2n) is 3.41. The van der Waals surface area contributed by atoms with E-state index in [9.17, 15) is 5.11 Å². The van der Waals surface area contributed by atoms with Crippen molar-refractivity contribution in [1.29, 1.82) is 0 Å². The third-order valence-corrected chi connectivity index (χ3v) is 2.21. The first-order valence-corrected chi connectivity index (χ1v) is 4.42. The van der Waals surface area contributed by atoms with E-state index in [0.717, 1.165) is 12.8 Å². The molecule has 1 nitrogen and oxygen atoms in total. The van der Waals surface area contributed by atoms with E-state index in [2.05, 4.69) is 20.4 Å². The molecule has 0 aliphatic carbocycles. The maximum atomic E-state index is 9.57. The lowest BCUT2D eigenvalue weighted by molar-refractivity contribution is 0.0796. The normalized spacial score (nSPS) is 16.5. The summed E-state index contributed by atoms with van der Waals surface area (Å²) in [5.41, 5.74) is 0. The van der Waals surface area contributed by atoms with Crippen molar-refractivity contribution in [1.82, 2.24) is 0 Å². The maximum Gasteiger partial charge on any atom is 0.0571 e. The minimum atomic E-state index is -0.159. The van der Waals surface area contributed by atoms with Gasteiger partial charge in [0.05, 0.1) is 6.10 Å². The van der Waals surface area contributed by atoms with E-state index in [-0.39, 0.29) is 6.10 Å². The molecule has 0 aromatic carbocycles. The first-order chi connectivity index (χ1) is 5.13. The van der Waals surface area contributed by atoms with Crippen molar-refractivity contribution in [2.45, 2.75) is 39.7 Å². The fraction of sp³-hybridized carbons (Fsp3) is 0.800. The molecule has 0 saturated heterocycles. The molecule has 1 heteroatoms. The van der Waals surface area contributed by atoms with E-state index < -0.39 is 0 Å². The third kappa shape index (κ3) is 3.57. The Bertz CT molecular complexity index is 107. The predicted molar refractivity (Wildman–Crippen MR) is 49.4 cm³/mol. The molecule has 0 rings (SSSR count). The van der Waals surface area contributed by atoms with E-state index in [1.807, 2.05) is 13.0 Å². The number of hydrogen-bond acceptors (Lipinski definition) is 1. The molecule has 0 amide bonds. The molecule has 0 heterocycles. The molecule has 0 radical (unpaired) electrons. The quantitative estimate of drug-likeness (QED) is 0.607. The van der Waals surface area contributed by atoms with Gasteiger partial charge < -0.3 is 5.11 Å². The highest BCUT2D eigenvalue weighted by Crippen LogP contribution is 2.21. The first-order valence-electron chi connectivity index (χ1n) is 4.42. The number of hydrogen-bond donors (Lipinski definition) is 1. The summed E-state index contributed by atoms with van der Waals surface area (Å²) in [6.45, 7) is 10.00. The zero-order valence-electron chi connectivity index (χ0n) is 7.88. The molecule has 2 atom stereocenters. The summed E-state index contributed by atoms with van der Waals surface area (Å²) in [5, 5.41) is 9.57. The molecular weight excluding hydrogens is 136 g/mol. The van der Waals surface area contributed by atoms with Crippen molar-refractivity contribution in [2.24, 2.45) is 11.8 Å². The van der Waals surface area contributed by atoms with Crippen LogP contribution >= 0.6 is 0 Å². The van der Waals surface area contributed by atoms with Gasteiger partial charge in [-0.1, -0.05) is 26.8 Å². The second-order valence-corrected chi connectivity index (χ2v) is 3.41. The third-order valence-electron chi connectivity index (χ3n) is 2.21. The number of rotatable bonds is 5. The second kappa shape index (κ2) is 5.36. The Morgan fingerprint density at radius 3 is 2.27 bits per heavy atom. The molecule has 0 fully saturated rings. The summed E-state index contributed by atoms with van der Waals surface area (Å²) in [6.07, 6.45) is 3.50. The van der Waals surface area contributed by atoms with Crippen molar-refractivity contribution >= 4 is 0 Å². The molecule has 66 valence electrons. The maximum absolute atomic E-state index is 9.57. The highest BCUT2D eigenvalue weighted by atomic mass is 16.3. The van der Waals surface area contributed by atoms with E-state index in [1.165, 1.54) is 0 Å². The van der Waals surface area contributed by atoms with Crippen molar-refractivity contribution < 1.29 is 5.11 Å². The van der Waals surface area contributed by atoms with Crippen LogP contribution in [0.3, 0.4) is 0 Å². The lowest BCUT2D eigenvalue weighted by Crippen LogP contribution is -2.23. The van der Waals surface area contributed by atoms with Crippen LogP contribution in [0.25, 0.3) is 0 Å². The Kier molecular flexibility index (Phi) is 5.22. The molecule has 11 heavy (non-hydrogen) atoms. The van der Waals surface area contributed by atoms with Crippen LogP contribution in [0.5, 0.6) is 0 Å². The van der Waals surface area contributed by atoms with Gasteiger partial charge >= 0.3 is 0 Å². The molecule has 0 aromatic rings. The van der Waals surface area contributed by atoms with Gasteiger partial charge in [0.25, 0.3) is 0 Å². The molecule has 0 bridgehead atoms. The predicted octanol–water partition coefficient (Wildman–Crippen LogP) is 2.61. The summed E-state index contributed by atoms with van der Waals surface area (Å²) in [7, 11) is 0. The van der Waals surface area contributed by atoms with E-state index >= 15 is 0 Å². The van der Waals surface area contributed by atoms with Crippen molar-refractivity contribution in [3.63, 3.8) is 0 Å². The fourth-order valence-electron chi connectivity index (χ4n) is 1.37. The van der Waals surface area contributed by atoms with Crippen molar-refractivity contribution in [3.8, 4) is 0 Å². The zero-order chi connectivity index (χ0) is 8.85. The lowest BCUT2D eigenvalue weighted by atomic mass is 9.86. The van der Waals surface area contributed by atoms with Crippen molar-refractivity contribution in [3.05, 3.63) is 12.7 Å². The summed E-state index contributed by atoms with van der Waals surface area (Å²) in [5.74, 6) is 0.931. The van der Waals surface area contributed by atoms with Crippen LogP contribution in [-0.4, -0.2) is 11.2 Å². The highest BCUT2D eigenvalue weighted by Gasteiger charge is 2.19. The molecule has 0 unspecified atom stereocenters. The summed E-state index contributed by atoms with van der Waals surface area (Å²) < 4.78 is 0. The minimum Gasteiger partial charge on any atom is -0.393 e. The van der Waals surface area contributed by atoms with Crippen LogP contribution in [0.1, 0.15) is 33.6 Å². The van der Waals surface area contributed by atoms with Crippen LogP contribution in [0.15, 0.2) is 12.7 Å².